The third kappa shape index (κ3) is 4.26. The average molecular weight is 388 g/mol. The molecule has 2 aliphatic heterocycles. The van der Waals surface area contributed by atoms with Crippen LogP contribution in [0.4, 0.5) is 0 Å². The second kappa shape index (κ2) is 7.88. The Hall–Kier alpha value is -2.09. The number of rotatable bonds is 6. The van der Waals surface area contributed by atoms with E-state index in [0.29, 0.717) is 24.7 Å². The molecule has 0 bridgehead atoms. The van der Waals surface area contributed by atoms with Crippen molar-refractivity contribution in [1.82, 2.24) is 9.62 Å². The van der Waals surface area contributed by atoms with Crippen molar-refractivity contribution in [3.05, 3.63) is 53.6 Å². The van der Waals surface area contributed by atoms with E-state index in [0.717, 1.165) is 25.2 Å². The second-order valence-electron chi connectivity index (χ2n) is 6.88. The Morgan fingerprint density at radius 1 is 0.926 bits per heavy atom. The van der Waals surface area contributed by atoms with E-state index in [1.807, 2.05) is 18.2 Å². The molecule has 0 aliphatic carbocycles. The number of likely N-dealkylation sites (tertiary alicyclic amines) is 1. The van der Waals surface area contributed by atoms with Crippen molar-refractivity contribution in [2.24, 2.45) is 0 Å². The smallest absolute Gasteiger partial charge is 0.241 e. The molecule has 0 spiro atoms. The quantitative estimate of drug-likeness (QED) is 0.824. The van der Waals surface area contributed by atoms with Gasteiger partial charge in [-0.15, -0.1) is 0 Å². The lowest BCUT2D eigenvalue weighted by atomic mass is 10.1. The molecule has 2 aromatic rings. The number of fused-ring (bicyclic) bond motifs is 1. The Kier molecular flexibility index (Phi) is 5.33. The lowest BCUT2D eigenvalue weighted by Crippen LogP contribution is -2.25. The molecule has 1 N–H and O–H groups in total. The molecule has 6 nitrogen and oxygen atoms in total. The van der Waals surface area contributed by atoms with E-state index < -0.39 is 10.0 Å². The molecular weight excluding hydrogens is 364 g/mol. The fourth-order valence-corrected chi connectivity index (χ4v) is 4.53. The average Bonchev–Trinajstić information content (AvgIpc) is 3.20. The fraction of sp³-hybridized carbons (Fsp3) is 0.400. The Balaban J connectivity index is 1.48. The highest BCUT2D eigenvalue weighted by Gasteiger charge is 2.20. The number of ether oxygens (including phenoxy) is 2. The zero-order chi connectivity index (χ0) is 18.7. The topological polar surface area (TPSA) is 67.9 Å². The first-order chi connectivity index (χ1) is 13.1. The fourth-order valence-electron chi connectivity index (χ4n) is 3.51. The van der Waals surface area contributed by atoms with Crippen LogP contribution in [0.3, 0.4) is 0 Å². The molecule has 144 valence electrons. The first-order valence-corrected chi connectivity index (χ1v) is 10.8. The third-order valence-electron chi connectivity index (χ3n) is 4.99. The molecule has 1 saturated heterocycles. The van der Waals surface area contributed by atoms with Crippen LogP contribution in [0.1, 0.15) is 24.0 Å². The van der Waals surface area contributed by atoms with Gasteiger partial charge in [0.2, 0.25) is 10.0 Å². The molecule has 7 heteroatoms. The molecule has 0 amide bonds. The molecule has 2 aliphatic rings. The Morgan fingerprint density at radius 2 is 1.63 bits per heavy atom. The van der Waals surface area contributed by atoms with Gasteiger partial charge >= 0.3 is 0 Å². The van der Waals surface area contributed by atoms with Crippen LogP contribution in [0.25, 0.3) is 0 Å². The molecule has 27 heavy (non-hydrogen) atoms. The minimum absolute atomic E-state index is 0.184. The van der Waals surface area contributed by atoms with Crippen LogP contribution in [0.5, 0.6) is 11.5 Å². The molecule has 0 unspecified atom stereocenters. The van der Waals surface area contributed by atoms with E-state index in [4.69, 9.17) is 9.47 Å². The number of sulfonamides is 1. The lowest BCUT2D eigenvalue weighted by molar-refractivity contribution is 0.171. The molecule has 1 fully saturated rings. The van der Waals surface area contributed by atoms with E-state index in [1.54, 1.807) is 12.1 Å². The summed E-state index contributed by atoms with van der Waals surface area (Å²) in [6, 6.07) is 12.7. The van der Waals surface area contributed by atoms with E-state index in [1.165, 1.54) is 24.5 Å². The minimum Gasteiger partial charge on any atom is -0.486 e. The van der Waals surface area contributed by atoms with Gasteiger partial charge in [-0.2, -0.15) is 0 Å². The van der Waals surface area contributed by atoms with Crippen LogP contribution < -0.4 is 14.2 Å². The Bertz CT molecular complexity index is 908. The number of nitrogens with zero attached hydrogens (tertiary/aromatic N) is 1. The predicted molar refractivity (Wildman–Crippen MR) is 102 cm³/mol. The van der Waals surface area contributed by atoms with Gasteiger partial charge in [-0.1, -0.05) is 24.3 Å². The maximum Gasteiger partial charge on any atom is 0.241 e. The number of hydrogen-bond donors (Lipinski definition) is 1. The maximum atomic E-state index is 12.7. The van der Waals surface area contributed by atoms with E-state index in [2.05, 4.69) is 15.7 Å². The normalized spacial score (nSPS) is 17.2. The summed E-state index contributed by atoms with van der Waals surface area (Å²) in [6.07, 6.45) is 2.47. The summed E-state index contributed by atoms with van der Waals surface area (Å²) >= 11 is 0. The van der Waals surface area contributed by atoms with Gasteiger partial charge in [0.15, 0.2) is 11.5 Å². The lowest BCUT2D eigenvalue weighted by Gasteiger charge is -2.19. The third-order valence-corrected chi connectivity index (χ3v) is 6.39. The van der Waals surface area contributed by atoms with Gasteiger partial charge in [-0.25, -0.2) is 13.1 Å². The van der Waals surface area contributed by atoms with Crippen LogP contribution in [0.15, 0.2) is 47.4 Å². The molecule has 2 aromatic carbocycles. The van der Waals surface area contributed by atoms with Crippen LogP contribution in [0, 0.1) is 0 Å². The van der Waals surface area contributed by atoms with Crippen LogP contribution in [0.2, 0.25) is 0 Å². The van der Waals surface area contributed by atoms with Gasteiger partial charge in [0.1, 0.15) is 13.2 Å². The highest BCUT2D eigenvalue weighted by atomic mass is 32.2. The summed E-state index contributed by atoms with van der Waals surface area (Å²) in [4.78, 5) is 2.59. The largest absolute Gasteiger partial charge is 0.486 e. The van der Waals surface area contributed by atoms with Crippen molar-refractivity contribution in [1.29, 1.82) is 0 Å². The van der Waals surface area contributed by atoms with E-state index in [-0.39, 0.29) is 11.4 Å². The molecule has 0 aromatic heterocycles. The summed E-state index contributed by atoms with van der Waals surface area (Å²) in [5.41, 5.74) is 2.18. The molecule has 0 radical (unpaired) electrons. The SMILES string of the molecule is O=S(=O)(NCc1ccccc1CN1CCCC1)c1ccc2c(c1)OCCO2. The first-order valence-electron chi connectivity index (χ1n) is 9.30. The molecule has 0 atom stereocenters. The zero-order valence-corrected chi connectivity index (χ0v) is 16.0. The second-order valence-corrected chi connectivity index (χ2v) is 8.65. The molecular formula is C20H24N2O4S. The molecule has 0 saturated carbocycles. The van der Waals surface area contributed by atoms with Crippen molar-refractivity contribution in [3.63, 3.8) is 0 Å². The van der Waals surface area contributed by atoms with E-state index >= 15 is 0 Å². The van der Waals surface area contributed by atoms with Crippen molar-refractivity contribution >= 4 is 10.0 Å². The number of benzene rings is 2. The van der Waals surface area contributed by atoms with Crippen molar-refractivity contribution in [2.75, 3.05) is 26.3 Å². The van der Waals surface area contributed by atoms with Crippen LogP contribution in [-0.4, -0.2) is 39.6 Å². The Morgan fingerprint density at radius 3 is 2.41 bits per heavy atom. The summed E-state index contributed by atoms with van der Waals surface area (Å²) < 4.78 is 39.1. The molecule has 2 heterocycles. The van der Waals surface area contributed by atoms with Crippen LogP contribution >= 0.6 is 0 Å². The van der Waals surface area contributed by atoms with Gasteiger partial charge in [0, 0.05) is 19.2 Å². The number of nitrogens with one attached hydrogen (secondary N) is 1. The summed E-state index contributed by atoms with van der Waals surface area (Å²) in [7, 11) is -3.64. The standard InChI is InChI=1S/C20H24N2O4S/c23-27(24,18-7-8-19-20(13-18)26-12-11-25-19)21-14-16-5-1-2-6-17(16)15-22-9-3-4-10-22/h1-2,5-8,13,21H,3-4,9-12,14-15H2. The zero-order valence-electron chi connectivity index (χ0n) is 15.2. The van der Waals surface area contributed by atoms with Crippen molar-refractivity contribution < 1.29 is 17.9 Å². The maximum absolute atomic E-state index is 12.7. The highest BCUT2D eigenvalue weighted by Crippen LogP contribution is 2.32. The molecule has 4 rings (SSSR count). The minimum atomic E-state index is -3.64. The van der Waals surface area contributed by atoms with Crippen LogP contribution in [-0.2, 0) is 23.1 Å². The monoisotopic (exact) mass is 388 g/mol. The Labute approximate surface area is 160 Å². The van der Waals surface area contributed by atoms with Gasteiger partial charge in [0.05, 0.1) is 4.90 Å². The van der Waals surface area contributed by atoms with Gasteiger partial charge in [0.25, 0.3) is 0 Å². The summed E-state index contributed by atoms with van der Waals surface area (Å²) in [5, 5.41) is 0. The van der Waals surface area contributed by atoms with Gasteiger partial charge in [-0.05, 0) is 49.2 Å². The summed E-state index contributed by atoms with van der Waals surface area (Å²) in [6.45, 7) is 4.25. The van der Waals surface area contributed by atoms with Gasteiger partial charge in [-0.3, -0.25) is 4.90 Å². The van der Waals surface area contributed by atoms with E-state index in [9.17, 15) is 8.42 Å². The first kappa shape index (κ1) is 18.3. The predicted octanol–water partition coefficient (Wildman–Crippen LogP) is 2.53. The van der Waals surface area contributed by atoms with Gasteiger partial charge < -0.3 is 9.47 Å². The van der Waals surface area contributed by atoms with Crippen molar-refractivity contribution in [2.45, 2.75) is 30.8 Å². The number of hydrogen-bond acceptors (Lipinski definition) is 5. The summed E-state index contributed by atoms with van der Waals surface area (Å²) in [5.74, 6) is 1.05. The highest BCUT2D eigenvalue weighted by molar-refractivity contribution is 7.89. The van der Waals surface area contributed by atoms with Crippen molar-refractivity contribution in [3.8, 4) is 11.5 Å².